The maximum atomic E-state index is 13.2. The van der Waals surface area contributed by atoms with Crippen LogP contribution in [0.2, 0.25) is 0 Å². The molecule has 0 saturated carbocycles. The highest BCUT2D eigenvalue weighted by molar-refractivity contribution is 5.54. The first kappa shape index (κ1) is 15.0. The van der Waals surface area contributed by atoms with Crippen LogP contribution in [0.25, 0.3) is 0 Å². The van der Waals surface area contributed by atoms with Gasteiger partial charge in [-0.25, -0.2) is 9.37 Å². The standard InChI is InChI=1S/C18H17FN4/c1-13(14-6-3-2-4-7-14)21-17-10-11-20-18(23-17)22-16-9-5-8-15(19)12-16/h2-13H,1H3,(H2,20,21,22,23). The normalized spacial score (nSPS) is 11.7. The van der Waals surface area contributed by atoms with Gasteiger partial charge in [-0.15, -0.1) is 0 Å². The molecule has 3 aromatic rings. The molecule has 1 aromatic heterocycles. The third kappa shape index (κ3) is 4.03. The van der Waals surface area contributed by atoms with E-state index < -0.39 is 0 Å². The number of hydrogen-bond donors (Lipinski definition) is 2. The molecule has 0 amide bonds. The average Bonchev–Trinajstić information content (AvgIpc) is 2.56. The van der Waals surface area contributed by atoms with Gasteiger partial charge in [0.1, 0.15) is 11.6 Å². The van der Waals surface area contributed by atoms with Crippen LogP contribution in [0.4, 0.5) is 21.8 Å². The summed E-state index contributed by atoms with van der Waals surface area (Å²) in [6.07, 6.45) is 1.66. The zero-order chi connectivity index (χ0) is 16.1. The molecule has 1 heterocycles. The van der Waals surface area contributed by atoms with Crippen LogP contribution in [-0.2, 0) is 0 Å². The zero-order valence-corrected chi connectivity index (χ0v) is 12.7. The monoisotopic (exact) mass is 308 g/mol. The minimum atomic E-state index is -0.304. The average molecular weight is 308 g/mol. The first-order valence-electron chi connectivity index (χ1n) is 7.38. The second-order valence-corrected chi connectivity index (χ2v) is 5.18. The van der Waals surface area contributed by atoms with Gasteiger partial charge >= 0.3 is 0 Å². The van der Waals surface area contributed by atoms with Crippen molar-refractivity contribution < 1.29 is 4.39 Å². The Morgan fingerprint density at radius 2 is 1.83 bits per heavy atom. The summed E-state index contributed by atoms with van der Waals surface area (Å²) < 4.78 is 13.2. The van der Waals surface area contributed by atoms with E-state index in [2.05, 4.69) is 39.7 Å². The minimum absolute atomic E-state index is 0.119. The van der Waals surface area contributed by atoms with Crippen molar-refractivity contribution in [2.75, 3.05) is 10.6 Å². The second kappa shape index (κ2) is 6.87. The molecular formula is C18H17FN4. The van der Waals surface area contributed by atoms with Crippen LogP contribution in [0.15, 0.2) is 66.9 Å². The van der Waals surface area contributed by atoms with Gasteiger partial charge in [-0.1, -0.05) is 36.4 Å². The van der Waals surface area contributed by atoms with Crippen molar-refractivity contribution in [3.63, 3.8) is 0 Å². The lowest BCUT2D eigenvalue weighted by Crippen LogP contribution is -2.09. The van der Waals surface area contributed by atoms with Gasteiger partial charge in [0, 0.05) is 17.9 Å². The van der Waals surface area contributed by atoms with E-state index in [1.807, 2.05) is 18.2 Å². The molecule has 0 fully saturated rings. The Hall–Kier alpha value is -2.95. The van der Waals surface area contributed by atoms with Gasteiger partial charge in [0.2, 0.25) is 5.95 Å². The third-order valence-electron chi connectivity index (χ3n) is 3.40. The van der Waals surface area contributed by atoms with E-state index in [1.54, 1.807) is 24.4 Å². The van der Waals surface area contributed by atoms with Gasteiger partial charge in [0.15, 0.2) is 0 Å². The van der Waals surface area contributed by atoms with Crippen molar-refractivity contribution >= 4 is 17.5 Å². The number of aromatic nitrogens is 2. The Labute approximate surface area is 134 Å². The van der Waals surface area contributed by atoms with E-state index in [1.165, 1.54) is 17.7 Å². The number of rotatable bonds is 5. The van der Waals surface area contributed by atoms with E-state index in [0.29, 0.717) is 17.5 Å². The molecule has 0 saturated heterocycles. The molecule has 0 aliphatic carbocycles. The molecule has 0 bridgehead atoms. The fourth-order valence-corrected chi connectivity index (χ4v) is 2.24. The summed E-state index contributed by atoms with van der Waals surface area (Å²) in [7, 11) is 0. The van der Waals surface area contributed by atoms with Crippen molar-refractivity contribution in [1.82, 2.24) is 9.97 Å². The van der Waals surface area contributed by atoms with Crippen molar-refractivity contribution in [2.45, 2.75) is 13.0 Å². The molecule has 2 N–H and O–H groups in total. The Balaban J connectivity index is 1.72. The van der Waals surface area contributed by atoms with E-state index in [4.69, 9.17) is 0 Å². The Morgan fingerprint density at radius 3 is 2.61 bits per heavy atom. The Bertz CT molecular complexity index is 777. The molecular weight excluding hydrogens is 291 g/mol. The number of benzene rings is 2. The molecule has 3 rings (SSSR count). The van der Waals surface area contributed by atoms with Crippen molar-refractivity contribution in [1.29, 1.82) is 0 Å². The highest BCUT2D eigenvalue weighted by Gasteiger charge is 2.06. The molecule has 1 unspecified atom stereocenters. The van der Waals surface area contributed by atoms with Gasteiger partial charge in [-0.2, -0.15) is 4.98 Å². The predicted octanol–water partition coefficient (Wildman–Crippen LogP) is 4.53. The Kier molecular flexibility index (Phi) is 4.47. The van der Waals surface area contributed by atoms with Gasteiger partial charge in [0.05, 0.1) is 0 Å². The zero-order valence-electron chi connectivity index (χ0n) is 12.7. The van der Waals surface area contributed by atoms with Gasteiger partial charge in [-0.05, 0) is 36.8 Å². The van der Waals surface area contributed by atoms with Crippen LogP contribution in [0.1, 0.15) is 18.5 Å². The van der Waals surface area contributed by atoms with E-state index in [0.717, 1.165) is 0 Å². The lowest BCUT2D eigenvalue weighted by atomic mass is 10.1. The number of halogens is 1. The fraction of sp³-hybridized carbons (Fsp3) is 0.111. The smallest absolute Gasteiger partial charge is 0.229 e. The molecule has 1 atom stereocenters. The summed E-state index contributed by atoms with van der Waals surface area (Å²) in [6.45, 7) is 2.07. The van der Waals surface area contributed by atoms with Crippen LogP contribution in [0.5, 0.6) is 0 Å². The topological polar surface area (TPSA) is 49.8 Å². The van der Waals surface area contributed by atoms with Crippen LogP contribution in [0.3, 0.4) is 0 Å². The number of nitrogens with one attached hydrogen (secondary N) is 2. The molecule has 0 aliphatic heterocycles. The predicted molar refractivity (Wildman–Crippen MR) is 90.2 cm³/mol. The summed E-state index contributed by atoms with van der Waals surface area (Å²) >= 11 is 0. The minimum Gasteiger partial charge on any atom is -0.363 e. The molecule has 4 nitrogen and oxygen atoms in total. The van der Waals surface area contributed by atoms with Gasteiger partial charge in [0.25, 0.3) is 0 Å². The maximum absolute atomic E-state index is 13.2. The largest absolute Gasteiger partial charge is 0.363 e. The molecule has 23 heavy (non-hydrogen) atoms. The lowest BCUT2D eigenvalue weighted by Gasteiger charge is -2.15. The van der Waals surface area contributed by atoms with E-state index in [9.17, 15) is 4.39 Å². The van der Waals surface area contributed by atoms with Crippen LogP contribution in [-0.4, -0.2) is 9.97 Å². The van der Waals surface area contributed by atoms with E-state index >= 15 is 0 Å². The quantitative estimate of drug-likeness (QED) is 0.727. The summed E-state index contributed by atoms with van der Waals surface area (Å²) in [5.41, 5.74) is 1.78. The molecule has 0 radical (unpaired) electrons. The van der Waals surface area contributed by atoms with Gasteiger partial charge in [-0.3, -0.25) is 0 Å². The van der Waals surface area contributed by atoms with Crippen LogP contribution < -0.4 is 10.6 Å². The van der Waals surface area contributed by atoms with Crippen LogP contribution >= 0.6 is 0 Å². The SMILES string of the molecule is CC(Nc1ccnc(Nc2cccc(F)c2)n1)c1ccccc1. The number of anilines is 3. The van der Waals surface area contributed by atoms with Crippen LogP contribution in [0, 0.1) is 5.82 Å². The first-order chi connectivity index (χ1) is 11.2. The highest BCUT2D eigenvalue weighted by Crippen LogP contribution is 2.19. The van der Waals surface area contributed by atoms with Crippen molar-refractivity contribution in [3.8, 4) is 0 Å². The molecule has 0 aliphatic rings. The maximum Gasteiger partial charge on any atom is 0.229 e. The Morgan fingerprint density at radius 1 is 1.00 bits per heavy atom. The number of nitrogens with zero attached hydrogens (tertiary/aromatic N) is 2. The fourth-order valence-electron chi connectivity index (χ4n) is 2.24. The first-order valence-corrected chi connectivity index (χ1v) is 7.38. The van der Waals surface area contributed by atoms with Gasteiger partial charge < -0.3 is 10.6 Å². The van der Waals surface area contributed by atoms with Crippen molar-refractivity contribution in [2.24, 2.45) is 0 Å². The summed E-state index contributed by atoms with van der Waals surface area (Å²) in [5.74, 6) is 0.818. The third-order valence-corrected chi connectivity index (χ3v) is 3.40. The summed E-state index contributed by atoms with van der Waals surface area (Å²) in [5, 5.41) is 6.33. The van der Waals surface area contributed by atoms with E-state index in [-0.39, 0.29) is 11.9 Å². The number of hydrogen-bond acceptors (Lipinski definition) is 4. The lowest BCUT2D eigenvalue weighted by molar-refractivity contribution is 0.628. The highest BCUT2D eigenvalue weighted by atomic mass is 19.1. The molecule has 5 heteroatoms. The molecule has 2 aromatic carbocycles. The molecule has 0 spiro atoms. The molecule has 116 valence electrons. The summed E-state index contributed by atoms with van der Waals surface area (Å²) in [6, 6.07) is 18.2. The summed E-state index contributed by atoms with van der Waals surface area (Å²) in [4.78, 5) is 8.57. The van der Waals surface area contributed by atoms with Crippen molar-refractivity contribution in [3.05, 3.63) is 78.2 Å². The second-order valence-electron chi connectivity index (χ2n) is 5.18.